The lowest BCUT2D eigenvalue weighted by Crippen LogP contribution is -2.65. The van der Waals surface area contributed by atoms with E-state index in [1.807, 2.05) is 11.0 Å². The van der Waals surface area contributed by atoms with E-state index in [0.29, 0.717) is 43.5 Å². The summed E-state index contributed by atoms with van der Waals surface area (Å²) in [6.07, 6.45) is 3.24. The number of carbonyl (C=O) groups excluding carboxylic acids is 1. The maximum absolute atomic E-state index is 14.3. The van der Waals surface area contributed by atoms with Gasteiger partial charge in [-0.25, -0.2) is 12.8 Å². The van der Waals surface area contributed by atoms with E-state index in [9.17, 15) is 22.7 Å². The third kappa shape index (κ3) is 3.85. The second kappa shape index (κ2) is 8.57. The van der Waals surface area contributed by atoms with Crippen LogP contribution in [0.1, 0.15) is 63.1 Å². The number of benzene rings is 2. The van der Waals surface area contributed by atoms with Crippen molar-refractivity contribution in [1.82, 2.24) is 4.90 Å². The predicted molar refractivity (Wildman–Crippen MR) is 137 cm³/mol. The summed E-state index contributed by atoms with van der Waals surface area (Å²) in [5, 5.41) is 10.6. The van der Waals surface area contributed by atoms with E-state index in [1.54, 1.807) is 19.1 Å². The van der Waals surface area contributed by atoms with Crippen LogP contribution in [0.4, 0.5) is 4.39 Å². The summed E-state index contributed by atoms with van der Waals surface area (Å²) in [5.41, 5.74) is 2.51. The first kappa shape index (κ1) is 25.2. The first-order chi connectivity index (χ1) is 16.8. The molecule has 2 aromatic rings. The molecule has 1 aliphatic heterocycles. The number of aromatic hydroxyl groups is 1. The third-order valence-electron chi connectivity index (χ3n) is 9.68. The summed E-state index contributed by atoms with van der Waals surface area (Å²) < 4.78 is 40.3. The standard InChI is InChI=1S/C29H36FNO4S/c1-18-8-11-23(30)25(14-18)36(34,35)17-19-9-10-20(15-19)27(33)31-13-12-29(4)22-6-5-7-24(32)21(22)16-26(31)28(29,2)3/h5-8,11,14,19-20,26,32H,9-10,12-13,15-17H2,1-4H3/t19?,20-,26-,29+/m1/s1. The zero-order chi connectivity index (χ0) is 26.0. The summed E-state index contributed by atoms with van der Waals surface area (Å²) in [6, 6.07) is 9.87. The van der Waals surface area contributed by atoms with Gasteiger partial charge in [-0.05, 0) is 85.3 Å². The number of rotatable bonds is 4. The molecule has 2 bridgehead atoms. The van der Waals surface area contributed by atoms with E-state index in [0.717, 1.165) is 12.0 Å². The number of piperidine rings is 1. The molecule has 2 fully saturated rings. The van der Waals surface area contributed by atoms with Crippen LogP contribution in [0.3, 0.4) is 0 Å². The third-order valence-corrected chi connectivity index (χ3v) is 11.6. The molecule has 1 amide bonds. The van der Waals surface area contributed by atoms with Gasteiger partial charge in [0.1, 0.15) is 16.5 Å². The fraction of sp³-hybridized carbons (Fsp3) is 0.552. The van der Waals surface area contributed by atoms with Crippen molar-refractivity contribution in [3.8, 4) is 5.75 Å². The molecule has 2 aliphatic carbocycles. The molecule has 5 nitrogen and oxygen atoms in total. The molecule has 0 aromatic heterocycles. The lowest BCUT2D eigenvalue weighted by atomic mass is 9.51. The van der Waals surface area contributed by atoms with Crippen LogP contribution < -0.4 is 0 Å². The number of sulfone groups is 1. The quantitative estimate of drug-likeness (QED) is 0.612. The van der Waals surface area contributed by atoms with Gasteiger partial charge in [-0.15, -0.1) is 0 Å². The lowest BCUT2D eigenvalue weighted by Gasteiger charge is -2.61. The van der Waals surface area contributed by atoms with Gasteiger partial charge in [-0.1, -0.05) is 39.0 Å². The number of fused-ring (bicyclic) bond motifs is 4. The topological polar surface area (TPSA) is 74.7 Å². The molecular weight excluding hydrogens is 477 g/mol. The molecule has 1 saturated heterocycles. The highest BCUT2D eigenvalue weighted by Gasteiger charge is 2.57. The highest BCUT2D eigenvalue weighted by Crippen LogP contribution is 2.57. The molecule has 0 spiro atoms. The second-order valence-electron chi connectivity index (χ2n) is 11.9. The average Bonchev–Trinajstić information content (AvgIpc) is 3.25. The van der Waals surface area contributed by atoms with Crippen LogP contribution in [-0.2, 0) is 26.5 Å². The number of likely N-dealkylation sites (tertiary alicyclic amines) is 1. The van der Waals surface area contributed by atoms with E-state index in [4.69, 9.17) is 0 Å². The number of aryl methyl sites for hydroxylation is 1. The Morgan fingerprint density at radius 1 is 1.17 bits per heavy atom. The molecule has 1 N–H and O–H groups in total. The molecule has 3 aliphatic rings. The zero-order valence-electron chi connectivity index (χ0n) is 21.6. The van der Waals surface area contributed by atoms with E-state index < -0.39 is 15.7 Å². The van der Waals surface area contributed by atoms with Crippen molar-refractivity contribution in [2.24, 2.45) is 17.3 Å². The molecule has 1 saturated carbocycles. The Morgan fingerprint density at radius 2 is 1.92 bits per heavy atom. The number of phenols is 1. The highest BCUT2D eigenvalue weighted by molar-refractivity contribution is 7.91. The van der Waals surface area contributed by atoms with Gasteiger partial charge < -0.3 is 10.0 Å². The van der Waals surface area contributed by atoms with Gasteiger partial charge >= 0.3 is 0 Å². The van der Waals surface area contributed by atoms with Crippen LogP contribution in [0, 0.1) is 30.0 Å². The molecule has 194 valence electrons. The van der Waals surface area contributed by atoms with Crippen LogP contribution in [-0.4, -0.2) is 42.7 Å². The number of hydrogen-bond donors (Lipinski definition) is 1. The van der Waals surface area contributed by atoms with Crippen LogP contribution in [0.15, 0.2) is 41.3 Å². The molecular formula is C29H36FNO4S. The van der Waals surface area contributed by atoms with Crippen LogP contribution in [0.25, 0.3) is 0 Å². The molecule has 1 heterocycles. The first-order valence-electron chi connectivity index (χ1n) is 13.0. The maximum Gasteiger partial charge on any atom is 0.225 e. The summed E-state index contributed by atoms with van der Waals surface area (Å²) >= 11 is 0. The molecule has 36 heavy (non-hydrogen) atoms. The normalized spacial score (nSPS) is 29.1. The van der Waals surface area contributed by atoms with E-state index in [-0.39, 0.29) is 45.3 Å². The first-order valence-corrected chi connectivity index (χ1v) is 14.6. The Hall–Kier alpha value is -2.41. The van der Waals surface area contributed by atoms with Crippen LogP contribution >= 0.6 is 0 Å². The minimum atomic E-state index is -3.78. The van der Waals surface area contributed by atoms with Crippen LogP contribution in [0.5, 0.6) is 5.75 Å². The molecule has 4 atom stereocenters. The Kier molecular flexibility index (Phi) is 6.01. The fourth-order valence-corrected chi connectivity index (χ4v) is 8.96. The minimum absolute atomic E-state index is 0.0336. The molecule has 1 unspecified atom stereocenters. The average molecular weight is 514 g/mol. The largest absolute Gasteiger partial charge is 0.508 e. The van der Waals surface area contributed by atoms with Gasteiger partial charge in [-0.2, -0.15) is 0 Å². The highest BCUT2D eigenvalue weighted by atomic mass is 32.2. The van der Waals surface area contributed by atoms with Gasteiger partial charge in [0.15, 0.2) is 9.84 Å². The number of halogens is 1. The smallest absolute Gasteiger partial charge is 0.225 e. The molecule has 2 aromatic carbocycles. The number of phenolic OH excluding ortho intramolecular Hbond substituents is 1. The predicted octanol–water partition coefficient (Wildman–Crippen LogP) is 5.17. The lowest BCUT2D eigenvalue weighted by molar-refractivity contribution is -0.148. The van der Waals surface area contributed by atoms with E-state index in [1.165, 1.54) is 17.7 Å². The van der Waals surface area contributed by atoms with Crippen molar-refractivity contribution in [2.45, 2.75) is 76.2 Å². The summed E-state index contributed by atoms with van der Waals surface area (Å²) in [6.45, 7) is 9.11. The van der Waals surface area contributed by atoms with Gasteiger partial charge in [0.2, 0.25) is 5.91 Å². The SMILES string of the molecule is Cc1ccc(F)c(S(=O)(=O)CC2CC[C@@H](C(=O)N3CC[C@@]4(C)c5cccc(O)c5C[C@@H]3C4(C)C)C2)c1. The molecule has 7 heteroatoms. The van der Waals surface area contributed by atoms with Gasteiger partial charge in [0, 0.05) is 23.9 Å². The monoisotopic (exact) mass is 513 g/mol. The molecule has 5 rings (SSSR count). The zero-order valence-corrected chi connectivity index (χ0v) is 22.4. The maximum atomic E-state index is 14.3. The van der Waals surface area contributed by atoms with E-state index >= 15 is 0 Å². The number of hydrogen-bond acceptors (Lipinski definition) is 4. The second-order valence-corrected chi connectivity index (χ2v) is 14.0. The fourth-order valence-electron chi connectivity index (χ4n) is 7.12. The van der Waals surface area contributed by atoms with Crippen molar-refractivity contribution in [2.75, 3.05) is 12.3 Å². The number of carbonyl (C=O) groups is 1. The van der Waals surface area contributed by atoms with Gasteiger partial charge in [0.25, 0.3) is 0 Å². The van der Waals surface area contributed by atoms with Crippen molar-refractivity contribution in [1.29, 1.82) is 0 Å². The Bertz CT molecular complexity index is 1320. The van der Waals surface area contributed by atoms with Crippen LogP contribution in [0.2, 0.25) is 0 Å². The minimum Gasteiger partial charge on any atom is -0.508 e. The van der Waals surface area contributed by atoms with Crippen molar-refractivity contribution < 1.29 is 22.7 Å². The van der Waals surface area contributed by atoms with Crippen molar-refractivity contribution in [3.05, 3.63) is 58.9 Å². The van der Waals surface area contributed by atoms with Gasteiger partial charge in [-0.3, -0.25) is 4.79 Å². The van der Waals surface area contributed by atoms with Gasteiger partial charge in [0.05, 0.1) is 5.75 Å². The molecule has 0 radical (unpaired) electrons. The Balaban J connectivity index is 1.34. The van der Waals surface area contributed by atoms with E-state index in [2.05, 4.69) is 26.8 Å². The summed E-state index contributed by atoms with van der Waals surface area (Å²) in [5.74, 6) is -0.850. The Labute approximate surface area is 213 Å². The summed E-state index contributed by atoms with van der Waals surface area (Å²) in [7, 11) is -3.78. The Morgan fingerprint density at radius 3 is 2.67 bits per heavy atom. The van der Waals surface area contributed by atoms with Crippen molar-refractivity contribution in [3.63, 3.8) is 0 Å². The number of nitrogens with zero attached hydrogens (tertiary/aromatic N) is 1. The van der Waals surface area contributed by atoms with Crippen molar-refractivity contribution >= 4 is 15.7 Å². The summed E-state index contributed by atoms with van der Waals surface area (Å²) in [4.78, 5) is 15.6. The number of amides is 1.